The van der Waals surface area contributed by atoms with Gasteiger partial charge >= 0.3 is 18.2 Å². The van der Waals surface area contributed by atoms with Crippen molar-refractivity contribution >= 4 is 12.1 Å². The number of amides is 1. The summed E-state index contributed by atoms with van der Waals surface area (Å²) in [5.74, 6) is 0.107. The molecule has 0 radical (unpaired) electrons. The highest BCUT2D eigenvalue weighted by atomic mass is 19.4. The molecule has 180 valence electrons. The number of alkyl carbamates (subject to hydrolysis) is 1. The van der Waals surface area contributed by atoms with E-state index in [1.54, 1.807) is 51.1 Å². The second kappa shape index (κ2) is 10.9. The summed E-state index contributed by atoms with van der Waals surface area (Å²) in [6.45, 7) is 3.72. The molecule has 33 heavy (non-hydrogen) atoms. The lowest BCUT2D eigenvalue weighted by molar-refractivity contribution is -0.153. The lowest BCUT2D eigenvalue weighted by Crippen LogP contribution is -2.45. The number of methoxy groups -OCH3 is 1. The van der Waals surface area contributed by atoms with E-state index in [0.717, 1.165) is 0 Å². The Morgan fingerprint density at radius 3 is 2.18 bits per heavy atom. The van der Waals surface area contributed by atoms with Gasteiger partial charge < -0.3 is 24.3 Å². The van der Waals surface area contributed by atoms with Crippen LogP contribution >= 0.6 is 0 Å². The Morgan fingerprint density at radius 1 is 0.970 bits per heavy atom. The van der Waals surface area contributed by atoms with E-state index in [2.05, 4.69) is 5.32 Å². The minimum atomic E-state index is -4.44. The number of benzene rings is 2. The van der Waals surface area contributed by atoms with Gasteiger partial charge in [-0.2, -0.15) is 13.2 Å². The van der Waals surface area contributed by atoms with Gasteiger partial charge in [0.05, 0.1) is 7.11 Å². The molecule has 0 bridgehead atoms. The molecule has 0 spiro atoms. The van der Waals surface area contributed by atoms with E-state index in [4.69, 9.17) is 18.9 Å². The Bertz CT molecular complexity index is 938. The Kier molecular flexibility index (Phi) is 8.56. The molecule has 0 aliphatic heterocycles. The molecule has 0 saturated carbocycles. The molecule has 2 aromatic rings. The number of alkyl halides is 3. The number of carbonyl (C=O) groups excluding carboxylic acids is 2. The molecular weight excluding hydrogens is 443 g/mol. The van der Waals surface area contributed by atoms with Gasteiger partial charge in [-0.1, -0.05) is 18.2 Å². The van der Waals surface area contributed by atoms with E-state index in [-0.39, 0.29) is 12.2 Å². The third kappa shape index (κ3) is 9.71. The molecule has 1 amide bonds. The number of carbonyl (C=O) groups is 2. The van der Waals surface area contributed by atoms with E-state index in [1.165, 1.54) is 25.3 Å². The molecule has 0 heterocycles. The van der Waals surface area contributed by atoms with E-state index in [9.17, 15) is 22.8 Å². The van der Waals surface area contributed by atoms with Crippen LogP contribution in [0.25, 0.3) is 0 Å². The lowest BCUT2D eigenvalue weighted by atomic mass is 10.1. The second-order valence-electron chi connectivity index (χ2n) is 8.05. The van der Waals surface area contributed by atoms with E-state index >= 15 is 0 Å². The average molecular weight is 469 g/mol. The van der Waals surface area contributed by atoms with Crippen LogP contribution in [0.3, 0.4) is 0 Å². The zero-order valence-corrected chi connectivity index (χ0v) is 18.7. The Labute approximate surface area is 189 Å². The van der Waals surface area contributed by atoms with Crippen molar-refractivity contribution in [1.82, 2.24) is 5.32 Å². The zero-order valence-electron chi connectivity index (χ0n) is 18.7. The summed E-state index contributed by atoms with van der Waals surface area (Å²) < 4.78 is 57.3. The monoisotopic (exact) mass is 469 g/mol. The van der Waals surface area contributed by atoms with Crippen molar-refractivity contribution < 1.29 is 41.7 Å². The third-order valence-electron chi connectivity index (χ3n) is 3.98. The normalized spacial score (nSPS) is 12.5. The number of esters is 1. The molecule has 0 saturated heterocycles. The van der Waals surface area contributed by atoms with Gasteiger partial charge in [0.2, 0.25) is 0 Å². The average Bonchev–Trinajstić information content (AvgIpc) is 2.71. The first-order valence-corrected chi connectivity index (χ1v) is 9.98. The smallest absolute Gasteiger partial charge is 0.422 e. The summed E-state index contributed by atoms with van der Waals surface area (Å²) in [6.07, 6.45) is -5.04. The highest BCUT2D eigenvalue weighted by Crippen LogP contribution is 2.27. The Hall–Kier alpha value is -3.43. The summed E-state index contributed by atoms with van der Waals surface area (Å²) in [6, 6.07) is 11.5. The van der Waals surface area contributed by atoms with Crippen molar-refractivity contribution in [2.45, 2.75) is 45.0 Å². The number of halogens is 3. The first kappa shape index (κ1) is 25.8. The van der Waals surface area contributed by atoms with Crippen LogP contribution < -0.4 is 14.8 Å². The zero-order chi connectivity index (χ0) is 24.6. The summed E-state index contributed by atoms with van der Waals surface area (Å²) >= 11 is 0. The van der Waals surface area contributed by atoms with Gasteiger partial charge in [0.1, 0.15) is 28.9 Å². The SMILES string of the molecule is COC(=O)[C@H](Cc1ccc(Oc2cccc(OCC(F)(F)F)c2)cc1)NC(=O)OC(C)(C)C. The van der Waals surface area contributed by atoms with Crippen molar-refractivity contribution in [2.24, 2.45) is 0 Å². The summed E-state index contributed by atoms with van der Waals surface area (Å²) in [4.78, 5) is 24.1. The fraction of sp³-hybridized carbons (Fsp3) is 0.391. The first-order valence-electron chi connectivity index (χ1n) is 9.98. The van der Waals surface area contributed by atoms with Crippen molar-refractivity contribution in [3.63, 3.8) is 0 Å². The number of nitrogens with one attached hydrogen (secondary N) is 1. The standard InChI is InChI=1S/C23H26F3NO6/c1-22(2,3)33-21(29)27-19(20(28)30-4)12-15-8-10-16(11-9-15)32-18-7-5-6-17(13-18)31-14-23(24,25)26/h5-11,13,19H,12,14H2,1-4H3,(H,27,29)/t19-/m0/s1. The number of ether oxygens (including phenoxy) is 4. The van der Waals surface area contributed by atoms with Crippen LogP contribution in [-0.2, 0) is 20.7 Å². The van der Waals surface area contributed by atoms with Gasteiger partial charge in [0, 0.05) is 12.5 Å². The van der Waals surface area contributed by atoms with Gasteiger partial charge in [-0.05, 0) is 50.6 Å². The topological polar surface area (TPSA) is 83.1 Å². The molecule has 0 aliphatic carbocycles. The largest absolute Gasteiger partial charge is 0.484 e. The van der Waals surface area contributed by atoms with Crippen molar-refractivity contribution in [1.29, 1.82) is 0 Å². The number of hydrogen-bond donors (Lipinski definition) is 1. The molecule has 1 atom stereocenters. The van der Waals surface area contributed by atoms with E-state index < -0.39 is 36.5 Å². The molecule has 10 heteroatoms. The van der Waals surface area contributed by atoms with Crippen molar-refractivity contribution in [3.8, 4) is 17.2 Å². The summed E-state index contributed by atoms with van der Waals surface area (Å²) in [5, 5.41) is 2.50. The minimum absolute atomic E-state index is 0.0237. The van der Waals surface area contributed by atoms with Crippen LogP contribution in [0.2, 0.25) is 0 Å². The maximum Gasteiger partial charge on any atom is 0.422 e. The molecule has 0 fully saturated rings. The molecule has 0 aromatic heterocycles. The van der Waals surface area contributed by atoms with Crippen LogP contribution in [0.5, 0.6) is 17.2 Å². The molecule has 0 unspecified atom stereocenters. The van der Waals surface area contributed by atoms with Gasteiger partial charge in [-0.15, -0.1) is 0 Å². The number of rotatable bonds is 8. The predicted molar refractivity (Wildman–Crippen MR) is 113 cm³/mol. The van der Waals surface area contributed by atoms with Crippen LogP contribution in [-0.4, -0.2) is 43.6 Å². The maximum absolute atomic E-state index is 12.3. The molecule has 0 aliphatic rings. The first-order chi connectivity index (χ1) is 15.3. The second-order valence-corrected chi connectivity index (χ2v) is 8.05. The van der Waals surface area contributed by atoms with Gasteiger partial charge in [0.15, 0.2) is 6.61 Å². The fourth-order valence-corrected chi connectivity index (χ4v) is 2.64. The quantitative estimate of drug-likeness (QED) is 0.546. The van der Waals surface area contributed by atoms with Crippen LogP contribution in [0.1, 0.15) is 26.3 Å². The molecular formula is C23H26F3NO6. The van der Waals surface area contributed by atoms with Crippen LogP contribution in [0.15, 0.2) is 48.5 Å². The summed E-state index contributed by atoms with van der Waals surface area (Å²) in [7, 11) is 1.22. The fourth-order valence-electron chi connectivity index (χ4n) is 2.64. The van der Waals surface area contributed by atoms with E-state index in [1.807, 2.05) is 0 Å². The molecule has 1 N–H and O–H groups in total. The van der Waals surface area contributed by atoms with E-state index in [0.29, 0.717) is 17.1 Å². The highest BCUT2D eigenvalue weighted by molar-refractivity contribution is 5.81. The minimum Gasteiger partial charge on any atom is -0.484 e. The lowest BCUT2D eigenvalue weighted by Gasteiger charge is -2.22. The Balaban J connectivity index is 2.02. The maximum atomic E-state index is 12.3. The predicted octanol–water partition coefficient (Wildman–Crippen LogP) is 5.03. The molecule has 7 nitrogen and oxygen atoms in total. The van der Waals surface area contributed by atoms with Crippen LogP contribution in [0, 0.1) is 0 Å². The Morgan fingerprint density at radius 2 is 1.61 bits per heavy atom. The van der Waals surface area contributed by atoms with Crippen LogP contribution in [0.4, 0.5) is 18.0 Å². The summed E-state index contributed by atoms with van der Waals surface area (Å²) in [5.41, 5.74) is -0.0187. The third-order valence-corrected chi connectivity index (χ3v) is 3.98. The van der Waals surface area contributed by atoms with Crippen molar-refractivity contribution in [3.05, 3.63) is 54.1 Å². The van der Waals surface area contributed by atoms with Gasteiger partial charge in [-0.3, -0.25) is 0 Å². The van der Waals surface area contributed by atoms with Gasteiger partial charge in [0.25, 0.3) is 0 Å². The highest BCUT2D eigenvalue weighted by Gasteiger charge is 2.28. The number of hydrogen-bond acceptors (Lipinski definition) is 6. The van der Waals surface area contributed by atoms with Gasteiger partial charge in [-0.25, -0.2) is 9.59 Å². The molecule has 2 rings (SSSR count). The van der Waals surface area contributed by atoms with Crippen molar-refractivity contribution in [2.75, 3.05) is 13.7 Å². The molecule has 2 aromatic carbocycles.